The Kier molecular flexibility index (Phi) is 22.3. The molecule has 0 aliphatic carbocycles. The molecule has 246 valence electrons. The number of esters is 5. The second kappa shape index (κ2) is 24.2. The summed E-state index contributed by atoms with van der Waals surface area (Å²) in [4.78, 5) is 68.0. The number of rotatable bonds is 25. The van der Waals surface area contributed by atoms with Crippen molar-refractivity contribution in [3.05, 3.63) is 25.3 Å². The van der Waals surface area contributed by atoms with Gasteiger partial charge in [0.1, 0.15) is 12.1 Å². The fourth-order valence-electron chi connectivity index (χ4n) is 4.22. The van der Waals surface area contributed by atoms with Crippen LogP contribution in [-0.4, -0.2) is 135 Å². The van der Waals surface area contributed by atoms with Crippen molar-refractivity contribution >= 4 is 29.8 Å². The minimum Gasteiger partial charge on any atom is -0.465 e. The lowest BCUT2D eigenvalue weighted by Gasteiger charge is -2.33. The highest BCUT2D eigenvalue weighted by Gasteiger charge is 2.31. The quantitative estimate of drug-likeness (QED) is 0.0837. The molecule has 0 bridgehead atoms. The molecule has 0 saturated carbocycles. The number of carbonyl (C=O) groups excluding carboxylic acids is 5. The van der Waals surface area contributed by atoms with Gasteiger partial charge in [-0.2, -0.15) is 0 Å². The molecule has 0 heterocycles. The average molecular weight is 614 g/mol. The van der Waals surface area contributed by atoms with E-state index in [1.165, 1.54) is 0 Å². The first kappa shape index (κ1) is 39.7. The zero-order chi connectivity index (χ0) is 32.6. The van der Waals surface area contributed by atoms with Crippen molar-refractivity contribution in [2.45, 2.75) is 59.5 Å². The maximum Gasteiger partial charge on any atom is 0.323 e. The van der Waals surface area contributed by atoms with Crippen molar-refractivity contribution in [2.75, 3.05) is 78.8 Å². The van der Waals surface area contributed by atoms with Gasteiger partial charge in [-0.3, -0.25) is 38.7 Å². The van der Waals surface area contributed by atoms with Crippen molar-refractivity contribution < 1.29 is 47.7 Å². The Morgan fingerprint density at radius 2 is 0.860 bits per heavy atom. The molecule has 13 nitrogen and oxygen atoms in total. The molecule has 0 saturated heterocycles. The first-order valence-corrected chi connectivity index (χ1v) is 14.8. The van der Waals surface area contributed by atoms with Crippen LogP contribution in [-0.2, 0) is 47.7 Å². The first-order valence-electron chi connectivity index (χ1n) is 14.8. The number of ether oxygens (including phenoxy) is 5. The van der Waals surface area contributed by atoms with Crippen LogP contribution in [0.5, 0.6) is 0 Å². The highest BCUT2D eigenvalue weighted by Crippen LogP contribution is 2.12. The third-order valence-electron chi connectivity index (χ3n) is 6.12. The Bertz CT molecular complexity index is 822. The van der Waals surface area contributed by atoms with Gasteiger partial charge in [-0.25, -0.2) is 0 Å². The van der Waals surface area contributed by atoms with Crippen LogP contribution in [0.4, 0.5) is 0 Å². The van der Waals surface area contributed by atoms with E-state index >= 15 is 0 Å². The van der Waals surface area contributed by atoms with Crippen LogP contribution in [0.15, 0.2) is 25.3 Å². The fourth-order valence-corrected chi connectivity index (χ4v) is 4.22. The summed E-state index contributed by atoms with van der Waals surface area (Å²) in [5, 5.41) is 0. The summed E-state index contributed by atoms with van der Waals surface area (Å²) in [6, 6.07) is -1.60. The molecule has 0 aliphatic rings. The molecule has 0 aromatic heterocycles. The molecule has 0 rings (SSSR count). The van der Waals surface area contributed by atoms with E-state index in [4.69, 9.17) is 23.7 Å². The molecule has 0 amide bonds. The minimum atomic E-state index is -0.799. The van der Waals surface area contributed by atoms with Crippen molar-refractivity contribution in [3.8, 4) is 0 Å². The smallest absolute Gasteiger partial charge is 0.323 e. The van der Waals surface area contributed by atoms with E-state index in [-0.39, 0.29) is 91.7 Å². The predicted octanol–water partition coefficient (Wildman–Crippen LogP) is 1.60. The average Bonchev–Trinajstić information content (AvgIpc) is 2.95. The second-order valence-corrected chi connectivity index (χ2v) is 9.22. The van der Waals surface area contributed by atoms with Crippen LogP contribution < -0.4 is 0 Å². The molecule has 2 atom stereocenters. The Morgan fingerprint density at radius 1 is 0.535 bits per heavy atom. The van der Waals surface area contributed by atoms with Crippen LogP contribution in [0.25, 0.3) is 0 Å². The van der Waals surface area contributed by atoms with Gasteiger partial charge in [0.25, 0.3) is 0 Å². The normalized spacial score (nSPS) is 12.4. The monoisotopic (exact) mass is 613 g/mol. The SMILES string of the molecule is C=CCC(C(=O)OCC)N(CCN(CCN(CC(=O)OCC)C(CC=C)C(=O)OCC)CC(=O)OCC)CC(=O)OCC. The van der Waals surface area contributed by atoms with E-state index in [1.807, 2.05) is 0 Å². The Balaban J connectivity index is 6.15. The zero-order valence-corrected chi connectivity index (χ0v) is 26.5. The molecule has 43 heavy (non-hydrogen) atoms. The van der Waals surface area contributed by atoms with Crippen molar-refractivity contribution in [3.63, 3.8) is 0 Å². The van der Waals surface area contributed by atoms with Crippen molar-refractivity contribution in [1.82, 2.24) is 14.7 Å². The summed E-state index contributed by atoms with van der Waals surface area (Å²) < 4.78 is 25.9. The summed E-state index contributed by atoms with van der Waals surface area (Å²) in [7, 11) is 0. The molecular formula is C30H51N3O10. The maximum absolute atomic E-state index is 12.8. The van der Waals surface area contributed by atoms with Crippen molar-refractivity contribution in [2.24, 2.45) is 0 Å². The van der Waals surface area contributed by atoms with Crippen LogP contribution in [0.1, 0.15) is 47.5 Å². The minimum absolute atomic E-state index is 0.106. The third kappa shape index (κ3) is 16.8. The van der Waals surface area contributed by atoms with E-state index < -0.39 is 41.9 Å². The summed E-state index contributed by atoms with van der Waals surface area (Å²) >= 11 is 0. The van der Waals surface area contributed by atoms with E-state index in [0.29, 0.717) is 0 Å². The molecule has 0 aromatic rings. The molecule has 0 N–H and O–H groups in total. The molecule has 0 radical (unpaired) electrons. The number of carbonyl (C=O) groups is 5. The molecule has 2 unspecified atom stereocenters. The van der Waals surface area contributed by atoms with E-state index in [1.54, 1.807) is 61.5 Å². The summed E-state index contributed by atoms with van der Waals surface area (Å²) in [6.45, 7) is 17.1. The van der Waals surface area contributed by atoms with Gasteiger partial charge in [0.05, 0.1) is 52.7 Å². The molecule has 0 fully saturated rings. The van der Waals surface area contributed by atoms with Gasteiger partial charge >= 0.3 is 29.8 Å². The van der Waals surface area contributed by atoms with Crippen molar-refractivity contribution in [1.29, 1.82) is 0 Å². The highest BCUT2D eigenvalue weighted by molar-refractivity contribution is 5.79. The third-order valence-corrected chi connectivity index (χ3v) is 6.12. The summed E-state index contributed by atoms with van der Waals surface area (Å²) in [5.74, 6) is -2.52. The molecular weight excluding hydrogens is 562 g/mol. The first-order chi connectivity index (χ1) is 20.6. The van der Waals surface area contributed by atoms with Gasteiger partial charge in [0.2, 0.25) is 0 Å². The van der Waals surface area contributed by atoms with E-state index in [0.717, 1.165) is 0 Å². The van der Waals surface area contributed by atoms with Gasteiger partial charge in [-0.1, -0.05) is 12.2 Å². The molecule has 0 spiro atoms. The van der Waals surface area contributed by atoms with Gasteiger partial charge in [0.15, 0.2) is 0 Å². The number of hydrogen-bond donors (Lipinski definition) is 0. The fraction of sp³-hybridized carbons (Fsp3) is 0.700. The summed E-state index contributed by atoms with van der Waals surface area (Å²) in [6.07, 6.45) is 3.59. The number of hydrogen-bond acceptors (Lipinski definition) is 13. The van der Waals surface area contributed by atoms with Gasteiger partial charge in [-0.05, 0) is 47.5 Å². The molecule has 0 aromatic carbocycles. The lowest BCUT2D eigenvalue weighted by Crippen LogP contribution is -2.51. The van der Waals surface area contributed by atoms with Crippen LogP contribution in [0, 0.1) is 0 Å². The van der Waals surface area contributed by atoms with Gasteiger partial charge in [0, 0.05) is 26.2 Å². The van der Waals surface area contributed by atoms with Crippen LogP contribution in [0.3, 0.4) is 0 Å². The van der Waals surface area contributed by atoms with Crippen LogP contribution >= 0.6 is 0 Å². The van der Waals surface area contributed by atoms with Crippen LogP contribution in [0.2, 0.25) is 0 Å². The molecule has 0 aliphatic heterocycles. The Morgan fingerprint density at radius 3 is 1.16 bits per heavy atom. The van der Waals surface area contributed by atoms with Gasteiger partial charge in [-0.15, -0.1) is 13.2 Å². The van der Waals surface area contributed by atoms with E-state index in [2.05, 4.69) is 13.2 Å². The summed E-state index contributed by atoms with van der Waals surface area (Å²) in [5.41, 5.74) is 0. The lowest BCUT2D eigenvalue weighted by molar-refractivity contribution is -0.154. The Labute approximate surface area is 256 Å². The largest absolute Gasteiger partial charge is 0.465 e. The standard InChI is InChI=1S/C30H51N3O10/c1-8-15-24(29(37)42-13-6)32(22-27(35)40-11-4)19-17-31(21-26(34)39-10-3)18-20-33(23-28(36)41-12-5)25(16-9-2)30(38)43-14-7/h8-9,24-25H,1-2,10-23H2,3-7H3. The van der Waals surface area contributed by atoms with Gasteiger partial charge < -0.3 is 23.7 Å². The predicted molar refractivity (Wildman–Crippen MR) is 160 cm³/mol. The highest BCUT2D eigenvalue weighted by atomic mass is 16.5. The topological polar surface area (TPSA) is 141 Å². The van der Waals surface area contributed by atoms with E-state index in [9.17, 15) is 24.0 Å². The lowest BCUT2D eigenvalue weighted by atomic mass is 10.1. The maximum atomic E-state index is 12.8. The molecule has 13 heteroatoms. The Hall–Kier alpha value is -3.29. The zero-order valence-electron chi connectivity index (χ0n) is 26.5. The second-order valence-electron chi connectivity index (χ2n) is 9.22. The number of nitrogens with zero attached hydrogens (tertiary/aromatic N) is 3.